The van der Waals surface area contributed by atoms with Crippen LogP contribution in [0.25, 0.3) is 0 Å². The average Bonchev–Trinajstić information content (AvgIpc) is 2.60. The number of nitrogens with zero attached hydrogens (tertiary/aromatic N) is 1. The van der Waals surface area contributed by atoms with Gasteiger partial charge in [0.05, 0.1) is 25.5 Å². The molecule has 0 aliphatic heterocycles. The van der Waals surface area contributed by atoms with Gasteiger partial charge in [0.2, 0.25) is 0 Å². The quantitative estimate of drug-likeness (QED) is 0.687. The highest BCUT2D eigenvalue weighted by Crippen LogP contribution is 2.36. The van der Waals surface area contributed by atoms with Crippen LogP contribution in [0, 0.1) is 0 Å². The first-order valence-electron chi connectivity index (χ1n) is 7.56. The maximum Gasteiger partial charge on any atom is 0.263 e. The van der Waals surface area contributed by atoms with Gasteiger partial charge in [-0.1, -0.05) is 11.6 Å². The second-order valence-corrected chi connectivity index (χ2v) is 8.57. The fourth-order valence-electron chi connectivity index (χ4n) is 2.27. The van der Waals surface area contributed by atoms with Crippen LogP contribution in [0.1, 0.15) is 10.4 Å². The van der Waals surface area contributed by atoms with Crippen molar-refractivity contribution in [2.75, 3.05) is 33.0 Å². The molecule has 2 aromatic carbocycles. The smallest absolute Gasteiger partial charge is 0.263 e. The fourth-order valence-corrected chi connectivity index (χ4v) is 4.55. The Labute approximate surface area is 171 Å². The van der Waals surface area contributed by atoms with E-state index in [-0.39, 0.29) is 37.3 Å². The van der Waals surface area contributed by atoms with Gasteiger partial charge >= 0.3 is 0 Å². The van der Waals surface area contributed by atoms with Gasteiger partial charge < -0.3 is 14.4 Å². The molecule has 0 spiro atoms. The van der Waals surface area contributed by atoms with Crippen LogP contribution < -0.4 is 14.2 Å². The molecule has 1 amide bonds. The standard InChI is InChI=1S/C17H18BrClN2O5S/c1-21(2)17(22)11-6-5-10(19)7-13(11)20-27(23,24)16-9-15(26-4)14(25-3)8-12(16)18/h5-9,20H,1-4H3. The summed E-state index contributed by atoms with van der Waals surface area (Å²) in [4.78, 5) is 13.6. The van der Waals surface area contributed by atoms with E-state index in [9.17, 15) is 13.2 Å². The van der Waals surface area contributed by atoms with Crippen LogP contribution in [0.5, 0.6) is 11.5 Å². The Morgan fingerprint density at radius 2 is 1.70 bits per heavy atom. The zero-order chi connectivity index (χ0) is 20.4. The van der Waals surface area contributed by atoms with Gasteiger partial charge in [0.25, 0.3) is 15.9 Å². The van der Waals surface area contributed by atoms with Crippen molar-refractivity contribution < 1.29 is 22.7 Å². The third kappa shape index (κ3) is 4.66. The SMILES string of the molecule is COc1cc(Br)c(S(=O)(=O)Nc2cc(Cl)ccc2C(=O)N(C)C)cc1OC. The summed E-state index contributed by atoms with van der Waals surface area (Å²) in [5.74, 6) is 0.252. The number of benzene rings is 2. The summed E-state index contributed by atoms with van der Waals surface area (Å²) in [7, 11) is 1.93. The number of carbonyl (C=O) groups excluding carboxylic acids is 1. The number of halogens is 2. The lowest BCUT2D eigenvalue weighted by molar-refractivity contribution is 0.0828. The van der Waals surface area contributed by atoms with E-state index in [4.69, 9.17) is 21.1 Å². The zero-order valence-corrected chi connectivity index (χ0v) is 18.2. The number of anilines is 1. The monoisotopic (exact) mass is 476 g/mol. The number of sulfonamides is 1. The van der Waals surface area contributed by atoms with E-state index in [1.807, 2.05) is 0 Å². The van der Waals surface area contributed by atoms with Gasteiger partial charge in [-0.3, -0.25) is 9.52 Å². The molecule has 0 unspecified atom stereocenters. The summed E-state index contributed by atoms with van der Waals surface area (Å²) in [5.41, 5.74) is 0.243. The van der Waals surface area contributed by atoms with E-state index < -0.39 is 10.0 Å². The molecule has 0 aliphatic rings. The Balaban J connectivity index is 2.55. The molecule has 0 fully saturated rings. The maximum atomic E-state index is 12.9. The highest BCUT2D eigenvalue weighted by Gasteiger charge is 2.24. The van der Waals surface area contributed by atoms with Crippen molar-refractivity contribution in [1.82, 2.24) is 4.90 Å². The second kappa shape index (κ2) is 8.37. The van der Waals surface area contributed by atoms with Crippen LogP contribution in [0.2, 0.25) is 5.02 Å². The lowest BCUT2D eigenvalue weighted by Gasteiger charge is -2.17. The first-order valence-corrected chi connectivity index (χ1v) is 10.2. The molecule has 0 aromatic heterocycles. The summed E-state index contributed by atoms with van der Waals surface area (Å²) in [6.45, 7) is 0. The Hall–Kier alpha value is -1.97. The van der Waals surface area contributed by atoms with Crippen molar-refractivity contribution in [3.63, 3.8) is 0 Å². The molecule has 2 aromatic rings. The van der Waals surface area contributed by atoms with Crippen molar-refractivity contribution >= 4 is 49.1 Å². The lowest BCUT2D eigenvalue weighted by Crippen LogP contribution is -2.24. The average molecular weight is 478 g/mol. The summed E-state index contributed by atoms with van der Waals surface area (Å²) in [6.07, 6.45) is 0. The van der Waals surface area contributed by atoms with E-state index in [1.54, 1.807) is 14.1 Å². The first-order chi connectivity index (χ1) is 12.6. The fraction of sp³-hybridized carbons (Fsp3) is 0.235. The summed E-state index contributed by atoms with van der Waals surface area (Å²) < 4.78 is 38.9. The van der Waals surface area contributed by atoms with Crippen LogP contribution >= 0.6 is 27.5 Å². The van der Waals surface area contributed by atoms with Crippen molar-refractivity contribution in [3.8, 4) is 11.5 Å². The topological polar surface area (TPSA) is 84.9 Å². The number of amides is 1. The minimum atomic E-state index is -4.06. The van der Waals surface area contributed by atoms with E-state index >= 15 is 0 Å². The molecule has 7 nitrogen and oxygen atoms in total. The Kier molecular flexibility index (Phi) is 6.61. The van der Waals surface area contributed by atoms with Crippen LogP contribution in [0.4, 0.5) is 5.69 Å². The highest BCUT2D eigenvalue weighted by atomic mass is 79.9. The van der Waals surface area contributed by atoms with Crippen LogP contribution in [0.15, 0.2) is 39.7 Å². The van der Waals surface area contributed by atoms with E-state index in [1.165, 1.54) is 49.5 Å². The molecule has 0 atom stereocenters. The number of methoxy groups -OCH3 is 2. The second-order valence-electron chi connectivity index (χ2n) is 5.63. The molecule has 0 radical (unpaired) electrons. The number of hydrogen-bond acceptors (Lipinski definition) is 5. The number of carbonyl (C=O) groups is 1. The van der Waals surface area contributed by atoms with Crippen molar-refractivity contribution in [2.45, 2.75) is 4.90 Å². The number of nitrogens with one attached hydrogen (secondary N) is 1. The predicted octanol–water partition coefficient (Wildman–Crippen LogP) is 3.62. The molecule has 2 rings (SSSR count). The van der Waals surface area contributed by atoms with Crippen molar-refractivity contribution in [1.29, 1.82) is 0 Å². The zero-order valence-electron chi connectivity index (χ0n) is 15.0. The summed E-state index contributed by atoms with van der Waals surface area (Å²) in [5, 5.41) is 0.286. The normalized spacial score (nSPS) is 11.0. The third-order valence-electron chi connectivity index (χ3n) is 3.59. The van der Waals surface area contributed by atoms with E-state index in [0.29, 0.717) is 5.75 Å². The third-order valence-corrected chi connectivity index (χ3v) is 6.15. The Morgan fingerprint density at radius 3 is 2.26 bits per heavy atom. The predicted molar refractivity (Wildman–Crippen MR) is 108 cm³/mol. The van der Waals surface area contributed by atoms with Gasteiger partial charge in [-0.15, -0.1) is 0 Å². The number of ether oxygens (including phenoxy) is 2. The molecular formula is C17H18BrClN2O5S. The van der Waals surface area contributed by atoms with E-state index in [2.05, 4.69) is 20.7 Å². The van der Waals surface area contributed by atoms with Crippen molar-refractivity contribution in [3.05, 3.63) is 45.4 Å². The molecule has 10 heteroatoms. The summed E-state index contributed by atoms with van der Waals surface area (Å²) in [6, 6.07) is 7.17. The Morgan fingerprint density at radius 1 is 1.11 bits per heavy atom. The summed E-state index contributed by atoms with van der Waals surface area (Å²) >= 11 is 9.22. The van der Waals surface area contributed by atoms with Gasteiger partial charge in [0.1, 0.15) is 4.90 Å². The Bertz CT molecular complexity index is 980. The molecule has 0 saturated carbocycles. The molecule has 27 heavy (non-hydrogen) atoms. The molecule has 146 valence electrons. The van der Waals surface area contributed by atoms with Gasteiger partial charge in [-0.05, 0) is 40.2 Å². The van der Waals surface area contributed by atoms with Gasteiger partial charge in [-0.25, -0.2) is 8.42 Å². The first kappa shape index (κ1) is 21.3. The number of rotatable bonds is 6. The lowest BCUT2D eigenvalue weighted by atomic mass is 10.1. The number of hydrogen-bond donors (Lipinski definition) is 1. The minimum Gasteiger partial charge on any atom is -0.493 e. The molecule has 0 heterocycles. The molecule has 1 N–H and O–H groups in total. The van der Waals surface area contributed by atoms with Crippen LogP contribution in [-0.4, -0.2) is 47.5 Å². The van der Waals surface area contributed by atoms with Crippen LogP contribution in [-0.2, 0) is 10.0 Å². The largest absolute Gasteiger partial charge is 0.493 e. The molecule has 0 saturated heterocycles. The molecular weight excluding hydrogens is 460 g/mol. The highest BCUT2D eigenvalue weighted by molar-refractivity contribution is 9.10. The van der Waals surface area contributed by atoms with Gasteiger partial charge in [0, 0.05) is 29.7 Å². The van der Waals surface area contributed by atoms with E-state index in [0.717, 1.165) is 0 Å². The minimum absolute atomic E-state index is 0.0721. The van der Waals surface area contributed by atoms with Gasteiger partial charge in [-0.2, -0.15) is 0 Å². The van der Waals surface area contributed by atoms with Gasteiger partial charge in [0.15, 0.2) is 11.5 Å². The van der Waals surface area contributed by atoms with Crippen LogP contribution in [0.3, 0.4) is 0 Å². The molecule has 0 aliphatic carbocycles. The molecule has 0 bridgehead atoms. The van der Waals surface area contributed by atoms with Crippen molar-refractivity contribution in [2.24, 2.45) is 0 Å². The maximum absolute atomic E-state index is 12.9.